The smallest absolute Gasteiger partial charge is 0.410 e. The highest BCUT2D eigenvalue weighted by atomic mass is 16.6. The molecular formula is C25H30N4O3. The van der Waals surface area contributed by atoms with Gasteiger partial charge in [-0.05, 0) is 62.3 Å². The molecule has 3 N–H and O–H groups in total. The van der Waals surface area contributed by atoms with Crippen molar-refractivity contribution in [3.05, 3.63) is 53.2 Å². The highest BCUT2D eigenvalue weighted by Gasteiger charge is 2.26. The number of ether oxygens (including phenoxy) is 1. The lowest BCUT2D eigenvalue weighted by Gasteiger charge is -2.33. The van der Waals surface area contributed by atoms with Gasteiger partial charge < -0.3 is 25.7 Å². The molecule has 2 amide bonds. The molecule has 0 aromatic heterocycles. The van der Waals surface area contributed by atoms with Gasteiger partial charge in [0, 0.05) is 54.6 Å². The molecule has 2 heterocycles. The van der Waals surface area contributed by atoms with E-state index in [1.807, 2.05) is 57.3 Å². The van der Waals surface area contributed by atoms with Crippen LogP contribution in [0.5, 0.6) is 0 Å². The van der Waals surface area contributed by atoms with Crippen molar-refractivity contribution in [1.29, 1.82) is 5.41 Å². The van der Waals surface area contributed by atoms with Crippen molar-refractivity contribution >= 4 is 34.7 Å². The van der Waals surface area contributed by atoms with E-state index in [1.54, 1.807) is 4.90 Å². The quantitative estimate of drug-likeness (QED) is 0.605. The topological polar surface area (TPSA) is 94.5 Å². The fourth-order valence-electron chi connectivity index (χ4n) is 4.25. The van der Waals surface area contributed by atoms with Crippen LogP contribution in [0.4, 0.5) is 10.5 Å². The maximum absolute atomic E-state index is 12.2. The Kier molecular flexibility index (Phi) is 5.91. The molecule has 0 saturated carbocycles. The predicted octanol–water partition coefficient (Wildman–Crippen LogP) is 4.47. The molecule has 2 aliphatic rings. The molecule has 2 aromatic carbocycles. The second-order valence-corrected chi connectivity index (χ2v) is 9.40. The van der Waals surface area contributed by atoms with Crippen molar-refractivity contribution in [1.82, 2.24) is 10.2 Å². The summed E-state index contributed by atoms with van der Waals surface area (Å²) in [5.41, 5.74) is 3.00. The molecule has 0 unspecified atom stereocenters. The van der Waals surface area contributed by atoms with Gasteiger partial charge in [0.2, 0.25) is 0 Å². The van der Waals surface area contributed by atoms with Crippen LogP contribution < -0.4 is 10.6 Å². The van der Waals surface area contributed by atoms with Crippen LogP contribution in [0.15, 0.2) is 42.1 Å². The SMILES string of the molecule is CC(C)(C)OC(=O)N1CCC(N/C=C(\C=N)Cc2ccc3c4c(cccc24)C(=O)N3)CC1. The van der Waals surface area contributed by atoms with Gasteiger partial charge in [-0.25, -0.2) is 4.79 Å². The van der Waals surface area contributed by atoms with Gasteiger partial charge in [0.25, 0.3) is 5.91 Å². The molecule has 2 aromatic rings. The largest absolute Gasteiger partial charge is 0.444 e. The summed E-state index contributed by atoms with van der Waals surface area (Å²) in [6.45, 7) is 6.92. The molecular weight excluding hydrogens is 404 g/mol. The Hall–Kier alpha value is -3.35. The molecule has 1 fully saturated rings. The number of anilines is 1. The van der Waals surface area contributed by atoms with Crippen molar-refractivity contribution in [2.24, 2.45) is 0 Å². The van der Waals surface area contributed by atoms with Crippen LogP contribution in [-0.2, 0) is 11.2 Å². The van der Waals surface area contributed by atoms with Crippen LogP contribution in [0.1, 0.15) is 49.5 Å². The van der Waals surface area contributed by atoms with E-state index in [2.05, 4.69) is 10.6 Å². The summed E-state index contributed by atoms with van der Waals surface area (Å²) in [7, 11) is 0. The Balaban J connectivity index is 1.39. The maximum atomic E-state index is 12.2. The summed E-state index contributed by atoms with van der Waals surface area (Å²) in [5.74, 6) is -0.0649. The fraction of sp³-hybridized carbons (Fsp3) is 0.400. The molecule has 2 aliphatic heterocycles. The van der Waals surface area contributed by atoms with Gasteiger partial charge in [-0.1, -0.05) is 18.2 Å². The molecule has 32 heavy (non-hydrogen) atoms. The number of rotatable bonds is 5. The Morgan fingerprint density at radius 1 is 1.25 bits per heavy atom. The van der Waals surface area contributed by atoms with Gasteiger partial charge in [0.1, 0.15) is 5.60 Å². The Morgan fingerprint density at radius 2 is 2.00 bits per heavy atom. The van der Waals surface area contributed by atoms with E-state index in [4.69, 9.17) is 10.1 Å². The maximum Gasteiger partial charge on any atom is 0.410 e. The number of piperidine rings is 1. The third-order valence-electron chi connectivity index (χ3n) is 5.85. The number of hydrogen-bond donors (Lipinski definition) is 3. The number of nitrogens with zero attached hydrogens (tertiary/aromatic N) is 1. The Bertz CT molecular complexity index is 1090. The normalized spacial score (nSPS) is 16.8. The third-order valence-corrected chi connectivity index (χ3v) is 5.85. The Morgan fingerprint density at radius 3 is 2.69 bits per heavy atom. The van der Waals surface area contributed by atoms with E-state index in [1.165, 1.54) is 6.21 Å². The number of amides is 2. The Labute approximate surface area is 188 Å². The molecule has 0 aliphatic carbocycles. The van der Waals surface area contributed by atoms with E-state index in [9.17, 15) is 9.59 Å². The van der Waals surface area contributed by atoms with Gasteiger partial charge in [0.05, 0.1) is 0 Å². The first-order valence-corrected chi connectivity index (χ1v) is 11.0. The van der Waals surface area contributed by atoms with Crippen LogP contribution in [0.25, 0.3) is 10.8 Å². The zero-order valence-electron chi connectivity index (χ0n) is 18.8. The monoisotopic (exact) mass is 434 g/mol. The van der Waals surface area contributed by atoms with Gasteiger partial charge in [0.15, 0.2) is 0 Å². The third kappa shape index (κ3) is 4.61. The zero-order valence-corrected chi connectivity index (χ0v) is 18.8. The van der Waals surface area contributed by atoms with Crippen LogP contribution >= 0.6 is 0 Å². The zero-order chi connectivity index (χ0) is 22.9. The molecule has 0 spiro atoms. The van der Waals surface area contributed by atoms with Crippen molar-refractivity contribution in [2.75, 3.05) is 18.4 Å². The lowest BCUT2D eigenvalue weighted by Crippen LogP contribution is -2.45. The number of likely N-dealkylation sites (tertiary alicyclic amines) is 1. The lowest BCUT2D eigenvalue weighted by atomic mass is 9.96. The molecule has 0 bridgehead atoms. The van der Waals surface area contributed by atoms with Crippen LogP contribution in [-0.4, -0.2) is 47.8 Å². The first kappa shape index (κ1) is 21.9. The average molecular weight is 435 g/mol. The van der Waals surface area contributed by atoms with E-state index in [0.29, 0.717) is 25.1 Å². The summed E-state index contributed by atoms with van der Waals surface area (Å²) in [5, 5.41) is 16.2. The van der Waals surface area contributed by atoms with Gasteiger partial charge >= 0.3 is 6.09 Å². The van der Waals surface area contributed by atoms with Crippen LogP contribution in [0.3, 0.4) is 0 Å². The van der Waals surface area contributed by atoms with Crippen LogP contribution in [0, 0.1) is 5.41 Å². The highest BCUT2D eigenvalue weighted by molar-refractivity contribution is 6.24. The van der Waals surface area contributed by atoms with E-state index >= 15 is 0 Å². The number of nitrogens with one attached hydrogen (secondary N) is 3. The van der Waals surface area contributed by atoms with E-state index < -0.39 is 5.60 Å². The molecule has 168 valence electrons. The van der Waals surface area contributed by atoms with Crippen molar-refractivity contribution in [2.45, 2.75) is 51.7 Å². The molecule has 4 rings (SSSR count). The molecule has 0 atom stereocenters. The molecule has 7 heteroatoms. The van der Waals surface area contributed by atoms with E-state index in [-0.39, 0.29) is 18.0 Å². The first-order chi connectivity index (χ1) is 15.2. The van der Waals surface area contributed by atoms with Gasteiger partial charge in [-0.15, -0.1) is 0 Å². The summed E-state index contributed by atoms with van der Waals surface area (Å²) in [6.07, 6.45) is 5.28. The predicted molar refractivity (Wildman–Crippen MR) is 126 cm³/mol. The van der Waals surface area contributed by atoms with Crippen molar-refractivity contribution in [3.63, 3.8) is 0 Å². The second kappa shape index (κ2) is 8.65. The fourth-order valence-corrected chi connectivity index (χ4v) is 4.25. The van der Waals surface area contributed by atoms with Crippen molar-refractivity contribution in [3.8, 4) is 0 Å². The number of carbonyl (C=O) groups excluding carboxylic acids is 2. The van der Waals surface area contributed by atoms with Crippen LogP contribution in [0.2, 0.25) is 0 Å². The summed E-state index contributed by atoms with van der Waals surface area (Å²) in [6, 6.07) is 9.98. The average Bonchev–Trinajstić information content (AvgIpc) is 3.09. The molecule has 0 radical (unpaired) electrons. The van der Waals surface area contributed by atoms with E-state index in [0.717, 1.165) is 40.4 Å². The first-order valence-electron chi connectivity index (χ1n) is 11.0. The molecule has 1 saturated heterocycles. The standard InChI is InChI=1S/C25H30N4O3/c1-25(2,3)32-24(31)29-11-9-18(10-12-29)27-15-16(14-26)13-17-7-8-21-22-19(17)5-4-6-20(22)23(30)28-21/h4-8,14-15,18,26-27H,9-13H2,1-3H3,(H,28,30)/b16-15-,26-14?. The van der Waals surface area contributed by atoms with Gasteiger partial charge in [-0.3, -0.25) is 4.79 Å². The minimum Gasteiger partial charge on any atom is -0.444 e. The number of hydrogen-bond acceptors (Lipinski definition) is 5. The number of benzene rings is 2. The minimum atomic E-state index is -0.486. The number of allylic oxidation sites excluding steroid dienone is 1. The minimum absolute atomic E-state index is 0.0649. The van der Waals surface area contributed by atoms with Gasteiger partial charge in [-0.2, -0.15) is 0 Å². The van der Waals surface area contributed by atoms with Crippen molar-refractivity contribution < 1.29 is 14.3 Å². The number of carbonyl (C=O) groups is 2. The molecule has 7 nitrogen and oxygen atoms in total. The lowest BCUT2D eigenvalue weighted by molar-refractivity contribution is 0.0201. The summed E-state index contributed by atoms with van der Waals surface area (Å²) < 4.78 is 5.46. The summed E-state index contributed by atoms with van der Waals surface area (Å²) in [4.78, 5) is 26.1. The second-order valence-electron chi connectivity index (χ2n) is 9.40. The summed E-state index contributed by atoms with van der Waals surface area (Å²) >= 11 is 0. The highest BCUT2D eigenvalue weighted by Crippen LogP contribution is 2.35.